The van der Waals surface area contributed by atoms with Gasteiger partial charge in [0.2, 0.25) is 5.85 Å². The van der Waals surface area contributed by atoms with Crippen LogP contribution in [0.5, 0.6) is 0 Å². The Labute approximate surface area is 127 Å². The molecule has 23 heavy (non-hydrogen) atoms. The van der Waals surface area contributed by atoms with E-state index in [-0.39, 0.29) is 5.56 Å². The number of ether oxygens (including phenoxy) is 1. The molecule has 0 unspecified atom stereocenters. The average Bonchev–Trinajstić information content (AvgIpc) is 2.66. The van der Waals surface area contributed by atoms with Crippen LogP contribution in [-0.4, -0.2) is 53.0 Å². The molecule has 0 amide bonds. The van der Waals surface area contributed by atoms with Crippen molar-refractivity contribution in [3.05, 3.63) is 32.6 Å². The molecule has 6 N–H and O–H groups in total. The van der Waals surface area contributed by atoms with Crippen LogP contribution in [0.2, 0.25) is 0 Å². The van der Waals surface area contributed by atoms with Crippen molar-refractivity contribution in [1.29, 1.82) is 0 Å². The average molecular weight is 358 g/mol. The van der Waals surface area contributed by atoms with Gasteiger partial charge in [0.1, 0.15) is 12.3 Å². The molecule has 1 fully saturated rings. The van der Waals surface area contributed by atoms with Crippen LogP contribution in [0.3, 0.4) is 0 Å². The first-order valence-electron chi connectivity index (χ1n) is 6.13. The van der Waals surface area contributed by atoms with Crippen LogP contribution < -0.4 is 11.2 Å². The highest BCUT2D eigenvalue weighted by Crippen LogP contribution is 2.36. The van der Waals surface area contributed by atoms with Crippen LogP contribution in [0, 0.1) is 6.92 Å². The van der Waals surface area contributed by atoms with E-state index in [1.807, 2.05) is 4.98 Å². The Morgan fingerprint density at radius 1 is 1.48 bits per heavy atom. The van der Waals surface area contributed by atoms with Crippen molar-refractivity contribution in [2.45, 2.75) is 31.5 Å². The number of hydrogen-bond donors (Lipinski definition) is 6. The summed E-state index contributed by atoms with van der Waals surface area (Å²) in [5, 5.41) is 18.2. The number of hydrogen-bond acceptors (Lipinski definition) is 6. The van der Waals surface area contributed by atoms with Crippen molar-refractivity contribution in [1.82, 2.24) is 9.55 Å². The highest BCUT2D eigenvalue weighted by atomic mass is 31.2. The van der Waals surface area contributed by atoms with Gasteiger partial charge >= 0.3 is 13.5 Å². The van der Waals surface area contributed by atoms with E-state index in [4.69, 9.17) is 29.1 Å². The molecule has 0 radical (unpaired) electrons. The number of aliphatic hydroxyl groups is 2. The number of rotatable bonds is 2. The van der Waals surface area contributed by atoms with Gasteiger partial charge < -0.3 is 29.6 Å². The number of aryl methyl sites for hydroxylation is 1. The monoisotopic (exact) mass is 358 g/mol. The first kappa shape index (κ1) is 19.6. The summed E-state index contributed by atoms with van der Waals surface area (Å²) in [4.78, 5) is 46.3. The second kappa shape index (κ2) is 7.01. The van der Waals surface area contributed by atoms with Crippen LogP contribution >= 0.6 is 7.82 Å². The molecule has 2 rings (SSSR count). The summed E-state index contributed by atoms with van der Waals surface area (Å²) in [6.45, 7) is 0.773. The largest absolute Gasteiger partial charge is 0.466 e. The minimum atomic E-state index is -4.64. The van der Waals surface area contributed by atoms with Crippen LogP contribution in [0.1, 0.15) is 18.2 Å². The number of H-pyrrole nitrogens is 1. The maximum absolute atomic E-state index is 13.6. The molecule has 132 valence electrons. The van der Waals surface area contributed by atoms with Crippen LogP contribution in [0.25, 0.3) is 0 Å². The van der Waals surface area contributed by atoms with Gasteiger partial charge in [-0.15, -0.1) is 0 Å². The number of aromatic nitrogens is 2. The highest BCUT2D eigenvalue weighted by molar-refractivity contribution is 7.45. The molecule has 1 aliphatic heterocycles. The summed E-state index contributed by atoms with van der Waals surface area (Å²) < 4.78 is 28.5. The van der Waals surface area contributed by atoms with E-state index in [1.165, 1.54) is 13.1 Å². The molecule has 2 heterocycles. The van der Waals surface area contributed by atoms with Gasteiger partial charge in [-0.25, -0.2) is 13.8 Å². The summed E-state index contributed by atoms with van der Waals surface area (Å²) in [5.41, 5.74) is -1.04. The molecule has 1 aromatic rings. The van der Waals surface area contributed by atoms with Crippen LogP contribution in [-0.2, 0) is 9.30 Å². The predicted octanol–water partition coefficient (Wildman–Crippen LogP) is -2.15. The third-order valence-corrected chi connectivity index (χ3v) is 2.90. The Morgan fingerprint density at radius 3 is 2.43 bits per heavy atom. The van der Waals surface area contributed by atoms with E-state index in [9.17, 15) is 19.1 Å². The zero-order valence-corrected chi connectivity index (χ0v) is 12.7. The summed E-state index contributed by atoms with van der Waals surface area (Å²) in [6, 6.07) is 0. The van der Waals surface area contributed by atoms with E-state index < -0.39 is 50.3 Å². The molecular formula is C10H16FN2O9P. The number of nitrogens with zero attached hydrogens (tertiary/aromatic N) is 1. The lowest BCUT2D eigenvalue weighted by Gasteiger charge is -2.16. The molecule has 1 saturated heterocycles. The van der Waals surface area contributed by atoms with Gasteiger partial charge in [-0.3, -0.25) is 14.3 Å². The second-order valence-electron chi connectivity index (χ2n) is 4.78. The SMILES string of the molecule is Cc1cn([C@H]2C[C@@](O)(F)[C@@H](CO)O2)c(=O)[nH]c1=O.O=P(O)(O)O. The maximum Gasteiger partial charge on any atom is 0.466 e. The van der Waals surface area contributed by atoms with E-state index in [2.05, 4.69) is 0 Å². The zero-order chi connectivity index (χ0) is 18.0. The molecule has 1 aliphatic rings. The Hall–Kier alpha value is -1.40. The number of nitrogens with one attached hydrogen (secondary N) is 1. The van der Waals surface area contributed by atoms with Crippen molar-refractivity contribution in [3.63, 3.8) is 0 Å². The standard InChI is InChI=1S/C10H13FN2O5.H3O4P/c1-5-3-13(9(16)12-8(5)15)7-2-10(11,17)6(4-14)18-7;1-5(2,3)4/h3,6-7,14,17H,2,4H2,1H3,(H,12,15,16);(H3,1,2,3,4)/t6-,7-,10+;/m1./s1. The van der Waals surface area contributed by atoms with Gasteiger partial charge in [0, 0.05) is 11.8 Å². The first-order chi connectivity index (χ1) is 10.3. The summed E-state index contributed by atoms with van der Waals surface area (Å²) in [5.74, 6) is -2.71. The molecule has 13 heteroatoms. The van der Waals surface area contributed by atoms with E-state index in [0.717, 1.165) is 4.57 Å². The predicted molar refractivity (Wildman–Crippen MR) is 72.0 cm³/mol. The molecule has 0 aromatic carbocycles. The number of phosphoric acid groups is 1. The molecule has 1 aromatic heterocycles. The van der Waals surface area contributed by atoms with Crippen LogP contribution in [0.15, 0.2) is 15.8 Å². The number of alkyl halides is 1. The van der Waals surface area contributed by atoms with Gasteiger partial charge in [0.25, 0.3) is 5.56 Å². The molecule has 0 aliphatic carbocycles. The Bertz CT molecular complexity index is 701. The third-order valence-electron chi connectivity index (χ3n) is 2.90. The van der Waals surface area contributed by atoms with Crippen molar-refractivity contribution >= 4 is 7.82 Å². The molecule has 0 bridgehead atoms. The fourth-order valence-corrected chi connectivity index (χ4v) is 1.87. The molecular weight excluding hydrogens is 342 g/mol. The van der Waals surface area contributed by atoms with Crippen molar-refractivity contribution in [2.75, 3.05) is 6.61 Å². The Balaban J connectivity index is 0.000000463. The maximum atomic E-state index is 13.6. The number of aliphatic hydroxyl groups excluding tert-OH is 1. The first-order valence-corrected chi connectivity index (χ1v) is 7.69. The summed E-state index contributed by atoms with van der Waals surface area (Å²) >= 11 is 0. The van der Waals surface area contributed by atoms with E-state index in [1.54, 1.807) is 0 Å². The lowest BCUT2D eigenvalue weighted by atomic mass is 10.1. The van der Waals surface area contributed by atoms with E-state index >= 15 is 0 Å². The fourth-order valence-electron chi connectivity index (χ4n) is 1.87. The van der Waals surface area contributed by atoms with Crippen molar-refractivity contribution in [2.24, 2.45) is 0 Å². The zero-order valence-electron chi connectivity index (χ0n) is 11.8. The van der Waals surface area contributed by atoms with Gasteiger partial charge in [-0.05, 0) is 6.92 Å². The quantitative estimate of drug-likeness (QED) is 0.321. The molecule has 11 nitrogen and oxygen atoms in total. The highest BCUT2D eigenvalue weighted by Gasteiger charge is 2.48. The van der Waals surface area contributed by atoms with Crippen LogP contribution in [0.4, 0.5) is 4.39 Å². The summed E-state index contributed by atoms with van der Waals surface area (Å²) in [7, 11) is -4.64. The van der Waals surface area contributed by atoms with Gasteiger partial charge in [0.15, 0.2) is 0 Å². The fraction of sp³-hybridized carbons (Fsp3) is 0.600. The van der Waals surface area contributed by atoms with Gasteiger partial charge in [0.05, 0.1) is 13.0 Å². The minimum Gasteiger partial charge on any atom is -0.393 e. The lowest BCUT2D eigenvalue weighted by Crippen LogP contribution is -2.35. The normalized spacial score (nSPS) is 27.4. The third kappa shape index (κ3) is 5.62. The van der Waals surface area contributed by atoms with Gasteiger partial charge in [-0.1, -0.05) is 0 Å². The number of aromatic amines is 1. The minimum absolute atomic E-state index is 0.257. The summed E-state index contributed by atoms with van der Waals surface area (Å²) in [6.07, 6.45) is -1.76. The topological polar surface area (TPSA) is 182 Å². The molecule has 0 spiro atoms. The Kier molecular flexibility index (Phi) is 5.99. The van der Waals surface area contributed by atoms with Crippen molar-refractivity contribution < 1.29 is 38.6 Å². The molecule has 3 atom stereocenters. The Morgan fingerprint density at radius 2 is 2.00 bits per heavy atom. The second-order valence-corrected chi connectivity index (χ2v) is 5.80. The molecule has 0 saturated carbocycles. The number of halogens is 1. The smallest absolute Gasteiger partial charge is 0.393 e. The van der Waals surface area contributed by atoms with Gasteiger partial charge in [-0.2, -0.15) is 0 Å². The van der Waals surface area contributed by atoms with E-state index in [0.29, 0.717) is 0 Å². The lowest BCUT2D eigenvalue weighted by molar-refractivity contribution is -0.150. The van der Waals surface area contributed by atoms with Crippen molar-refractivity contribution in [3.8, 4) is 0 Å².